The molecule has 0 unspecified atom stereocenters. The normalized spacial score (nSPS) is 14.2. The molecule has 0 radical (unpaired) electrons. The number of benzene rings is 1. The number of aromatic nitrogens is 2. The molecule has 0 spiro atoms. The molecule has 20 heavy (non-hydrogen) atoms. The number of nitrogens with one attached hydrogen (secondary N) is 1. The largest absolute Gasteiger partial charge is 0.388 e. The van der Waals surface area contributed by atoms with E-state index in [1.807, 2.05) is 6.26 Å². The van der Waals surface area contributed by atoms with Crippen LogP contribution in [0.4, 0.5) is 0 Å². The molecule has 0 bridgehead atoms. The maximum atomic E-state index is 12.1. The molecule has 1 aromatic carbocycles. The van der Waals surface area contributed by atoms with Crippen LogP contribution in [-0.4, -0.2) is 43.9 Å². The Labute approximate surface area is 126 Å². The Kier molecular flexibility index (Phi) is 4.95. The van der Waals surface area contributed by atoms with Crippen molar-refractivity contribution in [1.82, 2.24) is 14.1 Å². The second-order valence-corrected chi connectivity index (χ2v) is 6.40. The van der Waals surface area contributed by atoms with Crippen LogP contribution in [-0.2, 0) is 0 Å². The van der Waals surface area contributed by atoms with Crippen LogP contribution in [0.3, 0.4) is 0 Å². The van der Waals surface area contributed by atoms with Crippen molar-refractivity contribution in [3.8, 4) is 0 Å². The van der Waals surface area contributed by atoms with Crippen molar-refractivity contribution in [3.63, 3.8) is 0 Å². The summed E-state index contributed by atoms with van der Waals surface area (Å²) in [6, 6.07) is 5.21. The summed E-state index contributed by atoms with van der Waals surface area (Å²) < 4.78 is 8.20. The van der Waals surface area contributed by atoms with Gasteiger partial charge in [0.2, 0.25) is 0 Å². The van der Waals surface area contributed by atoms with Crippen molar-refractivity contribution in [2.45, 2.75) is 18.9 Å². The minimum atomic E-state index is -0.884. The Bertz CT molecular complexity index is 598. The molecule has 0 aliphatic carbocycles. The maximum absolute atomic E-state index is 12.1. The molecule has 5 nitrogen and oxygen atoms in total. The van der Waals surface area contributed by atoms with Gasteiger partial charge in [0.15, 0.2) is 0 Å². The summed E-state index contributed by atoms with van der Waals surface area (Å²) in [5.74, 6) is 0.656. The minimum absolute atomic E-state index is 0.204. The Balaban J connectivity index is 1.97. The average Bonchev–Trinajstić information content (AvgIpc) is 2.90. The maximum Gasteiger partial charge on any atom is 0.251 e. The van der Waals surface area contributed by atoms with Gasteiger partial charge in [-0.2, -0.15) is 20.5 Å². The standard InChI is InChI=1S/C13H17N3O2S2/c1-13(18,5-6-19-2)8-14-12(17)9-3-4-10-11(7-9)16-20-15-10/h3-4,7,18H,5-6,8H2,1-2H3,(H,14,17)/t13-/m1/s1. The smallest absolute Gasteiger partial charge is 0.251 e. The summed E-state index contributed by atoms with van der Waals surface area (Å²) >= 11 is 2.80. The molecule has 7 heteroatoms. The number of hydrogen-bond acceptors (Lipinski definition) is 6. The first-order valence-corrected chi connectivity index (χ1v) is 8.36. The fourth-order valence-corrected chi connectivity index (χ4v) is 2.87. The second kappa shape index (κ2) is 6.51. The van der Waals surface area contributed by atoms with Gasteiger partial charge in [-0.05, 0) is 43.6 Å². The van der Waals surface area contributed by atoms with E-state index in [0.29, 0.717) is 12.0 Å². The predicted octanol–water partition coefficient (Wildman–Crippen LogP) is 1.93. The van der Waals surface area contributed by atoms with Crippen molar-refractivity contribution in [1.29, 1.82) is 0 Å². The van der Waals surface area contributed by atoms with E-state index in [-0.39, 0.29) is 12.5 Å². The molecular weight excluding hydrogens is 294 g/mol. The van der Waals surface area contributed by atoms with Gasteiger partial charge >= 0.3 is 0 Å². The molecule has 2 N–H and O–H groups in total. The van der Waals surface area contributed by atoms with Gasteiger partial charge in [0.05, 0.1) is 17.3 Å². The highest BCUT2D eigenvalue weighted by atomic mass is 32.2. The zero-order valence-electron chi connectivity index (χ0n) is 11.4. The number of hydrogen-bond donors (Lipinski definition) is 2. The van der Waals surface area contributed by atoms with Crippen LogP contribution in [0.15, 0.2) is 18.2 Å². The van der Waals surface area contributed by atoms with Crippen molar-refractivity contribution in [2.24, 2.45) is 0 Å². The van der Waals surface area contributed by atoms with Crippen LogP contribution >= 0.6 is 23.5 Å². The summed E-state index contributed by atoms with van der Waals surface area (Å²) in [6.45, 7) is 1.97. The topological polar surface area (TPSA) is 75.1 Å². The monoisotopic (exact) mass is 311 g/mol. The molecule has 1 amide bonds. The molecule has 0 saturated carbocycles. The Morgan fingerprint density at radius 1 is 1.45 bits per heavy atom. The summed E-state index contributed by atoms with van der Waals surface area (Å²) in [6.07, 6.45) is 2.63. The zero-order valence-corrected chi connectivity index (χ0v) is 13.1. The first-order valence-electron chi connectivity index (χ1n) is 6.24. The van der Waals surface area contributed by atoms with Crippen LogP contribution in [0.2, 0.25) is 0 Å². The first-order chi connectivity index (χ1) is 9.52. The van der Waals surface area contributed by atoms with Crippen LogP contribution in [0.25, 0.3) is 11.0 Å². The molecule has 2 aromatic rings. The third kappa shape index (κ3) is 3.91. The lowest BCUT2D eigenvalue weighted by Crippen LogP contribution is -2.41. The van der Waals surface area contributed by atoms with Crippen molar-refractivity contribution < 1.29 is 9.90 Å². The fourth-order valence-electron chi connectivity index (χ4n) is 1.71. The molecule has 1 heterocycles. The lowest BCUT2D eigenvalue weighted by atomic mass is 10.0. The van der Waals surface area contributed by atoms with Crippen LogP contribution in [0.5, 0.6) is 0 Å². The number of amides is 1. The first kappa shape index (κ1) is 15.2. The molecule has 2 rings (SSSR count). The van der Waals surface area contributed by atoms with Crippen molar-refractivity contribution in [3.05, 3.63) is 23.8 Å². The van der Waals surface area contributed by atoms with Gasteiger partial charge in [-0.3, -0.25) is 4.79 Å². The number of aliphatic hydroxyl groups is 1. The van der Waals surface area contributed by atoms with Gasteiger partial charge in [0, 0.05) is 12.1 Å². The second-order valence-electron chi connectivity index (χ2n) is 4.89. The Morgan fingerprint density at radius 3 is 2.95 bits per heavy atom. The average molecular weight is 311 g/mol. The van der Waals surface area contributed by atoms with Gasteiger partial charge in [0.25, 0.3) is 5.91 Å². The number of carbonyl (C=O) groups is 1. The van der Waals surface area contributed by atoms with E-state index in [4.69, 9.17) is 0 Å². The highest BCUT2D eigenvalue weighted by Crippen LogP contribution is 2.15. The summed E-state index contributed by atoms with van der Waals surface area (Å²) in [5, 5.41) is 12.9. The van der Waals surface area contributed by atoms with Crippen LogP contribution in [0, 0.1) is 0 Å². The van der Waals surface area contributed by atoms with Gasteiger partial charge in [0.1, 0.15) is 11.0 Å². The number of thioether (sulfide) groups is 1. The van der Waals surface area contributed by atoms with Gasteiger partial charge in [-0.1, -0.05) is 0 Å². The van der Waals surface area contributed by atoms with Crippen LogP contribution < -0.4 is 5.32 Å². The molecule has 0 aliphatic rings. The van der Waals surface area contributed by atoms with Crippen molar-refractivity contribution >= 4 is 40.4 Å². The van der Waals surface area contributed by atoms with Gasteiger partial charge in [-0.25, -0.2) is 0 Å². The molecule has 1 atom stereocenters. The number of carbonyl (C=O) groups excluding carboxylic acids is 1. The third-order valence-corrected chi connectivity index (χ3v) is 4.16. The molecular formula is C13H17N3O2S2. The summed E-state index contributed by atoms with van der Waals surface area (Å²) in [4.78, 5) is 12.1. The van der Waals surface area contributed by atoms with Crippen molar-refractivity contribution in [2.75, 3.05) is 18.6 Å². The van der Waals surface area contributed by atoms with Gasteiger partial charge < -0.3 is 10.4 Å². The van der Waals surface area contributed by atoms with E-state index >= 15 is 0 Å². The quantitative estimate of drug-likeness (QED) is 0.852. The minimum Gasteiger partial charge on any atom is -0.388 e. The fraction of sp³-hybridized carbons (Fsp3) is 0.462. The Hall–Kier alpha value is -1.18. The highest BCUT2D eigenvalue weighted by molar-refractivity contribution is 7.98. The summed E-state index contributed by atoms with van der Waals surface area (Å²) in [7, 11) is 0. The number of fused-ring (bicyclic) bond motifs is 1. The predicted molar refractivity (Wildman–Crippen MR) is 83.4 cm³/mol. The molecule has 0 fully saturated rings. The lowest BCUT2D eigenvalue weighted by Gasteiger charge is -2.23. The third-order valence-electron chi connectivity index (χ3n) is 2.99. The highest BCUT2D eigenvalue weighted by Gasteiger charge is 2.21. The van der Waals surface area contributed by atoms with E-state index < -0.39 is 5.60 Å². The SMILES string of the molecule is CSCC[C@@](C)(O)CNC(=O)c1ccc2nsnc2c1. The summed E-state index contributed by atoms with van der Waals surface area (Å²) in [5.41, 5.74) is 1.16. The Morgan fingerprint density at radius 2 is 2.20 bits per heavy atom. The lowest BCUT2D eigenvalue weighted by molar-refractivity contribution is 0.0528. The van der Waals surface area contributed by atoms with E-state index in [1.54, 1.807) is 36.9 Å². The van der Waals surface area contributed by atoms with E-state index in [0.717, 1.165) is 28.5 Å². The number of nitrogens with zero attached hydrogens (tertiary/aromatic N) is 2. The van der Waals surface area contributed by atoms with E-state index in [2.05, 4.69) is 14.1 Å². The van der Waals surface area contributed by atoms with Gasteiger partial charge in [-0.15, -0.1) is 0 Å². The molecule has 1 aromatic heterocycles. The van der Waals surface area contributed by atoms with E-state index in [9.17, 15) is 9.90 Å². The van der Waals surface area contributed by atoms with Crippen LogP contribution in [0.1, 0.15) is 23.7 Å². The molecule has 0 saturated heterocycles. The molecule has 0 aliphatic heterocycles. The van der Waals surface area contributed by atoms with E-state index in [1.165, 1.54) is 0 Å². The molecule has 108 valence electrons. The zero-order chi connectivity index (χ0) is 14.6. The number of rotatable bonds is 6.